The Kier molecular flexibility index (Phi) is 2.86. The molecule has 0 saturated carbocycles. The molecule has 0 saturated heterocycles. The summed E-state index contributed by atoms with van der Waals surface area (Å²) < 4.78 is 0. The van der Waals surface area contributed by atoms with Gasteiger partial charge in [-0.15, -0.1) is 0 Å². The first-order valence-corrected chi connectivity index (χ1v) is 8.16. The van der Waals surface area contributed by atoms with Crippen molar-refractivity contribution in [3.63, 3.8) is 0 Å². The molecule has 5 aromatic rings. The molecule has 112 valence electrons. The molecule has 1 heteroatoms. The molecule has 1 heterocycles. The van der Waals surface area contributed by atoms with Gasteiger partial charge in [-0.3, -0.25) is 4.98 Å². The second-order valence-corrected chi connectivity index (χ2v) is 6.07. The molecule has 4 aromatic carbocycles. The molecule has 5 rings (SSSR count). The predicted octanol–water partition coefficient (Wildman–Crippen LogP) is 6.21. The van der Waals surface area contributed by atoms with E-state index in [4.69, 9.17) is 4.98 Å². The summed E-state index contributed by atoms with van der Waals surface area (Å²) in [5.74, 6) is 0. The van der Waals surface area contributed by atoms with Crippen molar-refractivity contribution < 1.29 is 0 Å². The Balaban J connectivity index is 1.96. The van der Waals surface area contributed by atoms with Crippen molar-refractivity contribution in [2.75, 3.05) is 0 Å². The number of aromatic nitrogens is 1. The van der Waals surface area contributed by atoms with Gasteiger partial charge in [0.25, 0.3) is 0 Å². The molecule has 0 unspecified atom stereocenters. The van der Waals surface area contributed by atoms with E-state index in [1.54, 1.807) is 0 Å². The van der Waals surface area contributed by atoms with E-state index in [-0.39, 0.29) is 0 Å². The predicted molar refractivity (Wildman–Crippen MR) is 102 cm³/mol. The van der Waals surface area contributed by atoms with Gasteiger partial charge in [-0.05, 0) is 33.0 Å². The summed E-state index contributed by atoms with van der Waals surface area (Å²) in [5.41, 5.74) is 2.17. The minimum Gasteiger partial charge on any atom is -0.256 e. The van der Waals surface area contributed by atoms with Gasteiger partial charge in [0.1, 0.15) is 0 Å². The van der Waals surface area contributed by atoms with Crippen LogP contribution in [0.25, 0.3) is 43.6 Å². The van der Waals surface area contributed by atoms with E-state index in [0.717, 1.165) is 11.3 Å². The van der Waals surface area contributed by atoms with Gasteiger partial charge in [0.15, 0.2) is 0 Å². The Bertz CT molecular complexity index is 1150. The molecule has 0 radical (unpaired) electrons. The average molecular weight is 305 g/mol. The number of hydrogen-bond donors (Lipinski definition) is 0. The van der Waals surface area contributed by atoms with E-state index in [2.05, 4.69) is 78.9 Å². The minimum atomic E-state index is 1.02. The maximum atomic E-state index is 4.73. The van der Waals surface area contributed by atoms with Crippen LogP contribution < -0.4 is 0 Å². The molecule has 0 amide bonds. The summed E-state index contributed by atoms with van der Waals surface area (Å²) in [6.45, 7) is 0. The summed E-state index contributed by atoms with van der Waals surface area (Å²) in [4.78, 5) is 4.73. The fourth-order valence-electron chi connectivity index (χ4n) is 3.57. The van der Waals surface area contributed by atoms with Crippen LogP contribution in [0.15, 0.2) is 91.1 Å². The van der Waals surface area contributed by atoms with Gasteiger partial charge in [-0.1, -0.05) is 78.9 Å². The van der Waals surface area contributed by atoms with Gasteiger partial charge >= 0.3 is 0 Å². The van der Waals surface area contributed by atoms with Crippen LogP contribution in [-0.2, 0) is 0 Å². The van der Waals surface area contributed by atoms with E-state index < -0.39 is 0 Å². The highest BCUT2D eigenvalue weighted by Crippen LogP contribution is 2.35. The van der Waals surface area contributed by atoms with Gasteiger partial charge in [-0.25, -0.2) is 0 Å². The van der Waals surface area contributed by atoms with E-state index in [1.165, 1.54) is 32.3 Å². The molecule has 0 atom stereocenters. The first-order valence-electron chi connectivity index (χ1n) is 8.16. The van der Waals surface area contributed by atoms with E-state index >= 15 is 0 Å². The summed E-state index contributed by atoms with van der Waals surface area (Å²) in [6.07, 6.45) is 2.02. The Morgan fingerprint density at radius 2 is 0.958 bits per heavy atom. The van der Waals surface area contributed by atoms with Gasteiger partial charge in [0.05, 0.1) is 5.69 Å². The monoisotopic (exact) mass is 305 g/mol. The van der Waals surface area contributed by atoms with Gasteiger partial charge in [0.2, 0.25) is 0 Å². The van der Waals surface area contributed by atoms with Crippen LogP contribution in [0.5, 0.6) is 0 Å². The zero-order valence-corrected chi connectivity index (χ0v) is 13.1. The molecule has 0 aliphatic rings. The Labute approximate surface area is 140 Å². The van der Waals surface area contributed by atoms with Crippen molar-refractivity contribution in [1.29, 1.82) is 0 Å². The smallest absolute Gasteiger partial charge is 0.0708 e. The Hall–Kier alpha value is -3.19. The van der Waals surface area contributed by atoms with Crippen LogP contribution in [0.2, 0.25) is 0 Å². The molecule has 0 fully saturated rings. The van der Waals surface area contributed by atoms with Crippen molar-refractivity contribution >= 4 is 32.3 Å². The third kappa shape index (κ3) is 1.92. The second-order valence-electron chi connectivity index (χ2n) is 6.07. The SMILES string of the molecule is c1ccc(-c2cc3c4ccccc4c4ccccc4c3cn2)cc1. The van der Waals surface area contributed by atoms with Crippen molar-refractivity contribution in [1.82, 2.24) is 4.98 Å². The molecule has 0 aliphatic carbocycles. The van der Waals surface area contributed by atoms with Gasteiger partial charge in [0, 0.05) is 17.1 Å². The maximum absolute atomic E-state index is 4.73. The van der Waals surface area contributed by atoms with Crippen molar-refractivity contribution in [2.24, 2.45) is 0 Å². The lowest BCUT2D eigenvalue weighted by atomic mass is 9.94. The lowest BCUT2D eigenvalue weighted by Gasteiger charge is -2.11. The number of nitrogens with zero attached hydrogens (tertiary/aromatic N) is 1. The normalized spacial score (nSPS) is 11.3. The van der Waals surface area contributed by atoms with Crippen LogP contribution in [-0.4, -0.2) is 4.98 Å². The molecule has 24 heavy (non-hydrogen) atoms. The number of hydrogen-bond acceptors (Lipinski definition) is 1. The summed E-state index contributed by atoms with van der Waals surface area (Å²) in [6, 6.07) is 29.8. The van der Waals surface area contributed by atoms with Gasteiger partial charge in [-0.2, -0.15) is 0 Å². The average Bonchev–Trinajstić information content (AvgIpc) is 2.68. The molecule has 1 nitrogen and oxygen atoms in total. The second kappa shape index (κ2) is 5.17. The minimum absolute atomic E-state index is 1.02. The lowest BCUT2D eigenvalue weighted by molar-refractivity contribution is 1.36. The molecule has 0 N–H and O–H groups in total. The maximum Gasteiger partial charge on any atom is 0.0708 e. The molecule has 0 aliphatic heterocycles. The number of benzene rings is 4. The Morgan fingerprint density at radius 1 is 0.458 bits per heavy atom. The van der Waals surface area contributed by atoms with E-state index in [1.807, 2.05) is 12.3 Å². The fraction of sp³-hybridized carbons (Fsp3) is 0. The number of rotatable bonds is 1. The molecule has 1 aromatic heterocycles. The number of fused-ring (bicyclic) bond motifs is 6. The topological polar surface area (TPSA) is 12.9 Å². The molecule has 0 bridgehead atoms. The third-order valence-corrected chi connectivity index (χ3v) is 4.70. The zero-order chi connectivity index (χ0) is 15.9. The molecular weight excluding hydrogens is 290 g/mol. The van der Waals surface area contributed by atoms with Crippen molar-refractivity contribution in [2.45, 2.75) is 0 Å². The summed E-state index contributed by atoms with van der Waals surface area (Å²) >= 11 is 0. The summed E-state index contributed by atoms with van der Waals surface area (Å²) in [5, 5.41) is 7.60. The largest absolute Gasteiger partial charge is 0.256 e. The highest BCUT2D eigenvalue weighted by atomic mass is 14.7. The number of pyridine rings is 1. The lowest BCUT2D eigenvalue weighted by Crippen LogP contribution is -1.87. The molecule has 0 spiro atoms. The Morgan fingerprint density at radius 3 is 1.58 bits per heavy atom. The zero-order valence-electron chi connectivity index (χ0n) is 13.1. The third-order valence-electron chi connectivity index (χ3n) is 4.70. The highest BCUT2D eigenvalue weighted by molar-refractivity contribution is 6.25. The van der Waals surface area contributed by atoms with Crippen LogP contribution in [0, 0.1) is 0 Å². The van der Waals surface area contributed by atoms with Crippen LogP contribution in [0.1, 0.15) is 0 Å². The van der Waals surface area contributed by atoms with E-state index in [9.17, 15) is 0 Å². The van der Waals surface area contributed by atoms with E-state index in [0.29, 0.717) is 0 Å². The van der Waals surface area contributed by atoms with Crippen molar-refractivity contribution in [3.05, 3.63) is 91.1 Å². The van der Waals surface area contributed by atoms with Crippen LogP contribution >= 0.6 is 0 Å². The molecular formula is C23H15N. The first kappa shape index (κ1) is 13.3. The quantitative estimate of drug-likeness (QED) is 0.336. The fourth-order valence-corrected chi connectivity index (χ4v) is 3.57. The van der Waals surface area contributed by atoms with Crippen LogP contribution in [0.3, 0.4) is 0 Å². The highest BCUT2D eigenvalue weighted by Gasteiger charge is 2.09. The first-order chi connectivity index (χ1) is 11.9. The summed E-state index contributed by atoms with van der Waals surface area (Å²) in [7, 11) is 0. The van der Waals surface area contributed by atoms with Crippen molar-refractivity contribution in [3.8, 4) is 11.3 Å². The standard InChI is InChI=1S/C23H15N/c1-2-8-16(9-3-1)23-14-21-19-12-6-4-10-17(19)18-11-5-7-13-20(18)22(21)15-24-23/h1-15H. The van der Waals surface area contributed by atoms with Crippen LogP contribution in [0.4, 0.5) is 0 Å². The van der Waals surface area contributed by atoms with Gasteiger partial charge < -0.3 is 0 Å².